The second-order valence-corrected chi connectivity index (χ2v) is 6.05. The largest absolute Gasteiger partial charge is 0.397 e. The van der Waals surface area contributed by atoms with Crippen molar-refractivity contribution in [3.63, 3.8) is 0 Å². The van der Waals surface area contributed by atoms with Gasteiger partial charge in [-0.05, 0) is 36.8 Å². The molecule has 1 aromatic heterocycles. The molecule has 8 heteroatoms. The van der Waals surface area contributed by atoms with E-state index in [-0.39, 0.29) is 36.5 Å². The van der Waals surface area contributed by atoms with Crippen molar-refractivity contribution in [3.8, 4) is 0 Å². The number of carbonyl (C=O) groups is 1. The molecule has 2 atom stereocenters. The number of carbonyl (C=O) groups excluding carboxylic acids is 1. The lowest BCUT2D eigenvalue weighted by molar-refractivity contribution is 0.0996. The van der Waals surface area contributed by atoms with Crippen molar-refractivity contribution < 1.29 is 18.0 Å². The first-order chi connectivity index (χ1) is 11.8. The SMILES string of the molecule is NC(=O)c1nc(CN2C[C@@H](F)C[C@@H]2c2cc(F)ccc2F)ccc1N. The van der Waals surface area contributed by atoms with E-state index in [2.05, 4.69) is 4.98 Å². The second kappa shape index (κ2) is 6.72. The predicted octanol–water partition coefficient (Wildman–Crippen LogP) is 2.33. The molecule has 25 heavy (non-hydrogen) atoms. The Kier molecular flexibility index (Phi) is 4.63. The Morgan fingerprint density at radius 3 is 2.76 bits per heavy atom. The third-order valence-electron chi connectivity index (χ3n) is 4.25. The molecule has 1 amide bonds. The van der Waals surface area contributed by atoms with E-state index in [1.165, 1.54) is 6.07 Å². The lowest BCUT2D eigenvalue weighted by Crippen LogP contribution is -2.26. The fourth-order valence-corrected chi connectivity index (χ4v) is 3.12. The summed E-state index contributed by atoms with van der Waals surface area (Å²) in [6, 6.07) is 5.58. The van der Waals surface area contributed by atoms with Crippen molar-refractivity contribution in [2.24, 2.45) is 5.73 Å². The number of amides is 1. The number of nitrogens with two attached hydrogens (primary N) is 2. The predicted molar refractivity (Wildman–Crippen MR) is 86.2 cm³/mol. The van der Waals surface area contributed by atoms with Crippen LogP contribution in [-0.2, 0) is 6.54 Å². The Hall–Kier alpha value is -2.61. The second-order valence-electron chi connectivity index (χ2n) is 6.05. The highest BCUT2D eigenvalue weighted by molar-refractivity contribution is 5.95. The molecule has 2 heterocycles. The summed E-state index contributed by atoms with van der Waals surface area (Å²) in [4.78, 5) is 17.1. The number of anilines is 1. The number of alkyl halides is 1. The number of halogens is 3. The molecule has 0 saturated carbocycles. The van der Waals surface area contributed by atoms with E-state index < -0.39 is 29.8 Å². The van der Waals surface area contributed by atoms with Gasteiger partial charge in [0.05, 0.1) is 11.4 Å². The summed E-state index contributed by atoms with van der Waals surface area (Å²) < 4.78 is 41.5. The van der Waals surface area contributed by atoms with Crippen LogP contribution < -0.4 is 11.5 Å². The summed E-state index contributed by atoms with van der Waals surface area (Å²) >= 11 is 0. The van der Waals surface area contributed by atoms with Crippen LogP contribution in [0.2, 0.25) is 0 Å². The first kappa shape index (κ1) is 17.2. The molecule has 1 aliphatic heterocycles. The minimum absolute atomic E-state index is 0.0536. The van der Waals surface area contributed by atoms with Gasteiger partial charge in [-0.2, -0.15) is 0 Å². The van der Waals surface area contributed by atoms with Crippen LogP contribution in [0.1, 0.15) is 34.2 Å². The van der Waals surface area contributed by atoms with Gasteiger partial charge in [0.15, 0.2) is 5.69 Å². The van der Waals surface area contributed by atoms with Gasteiger partial charge in [-0.1, -0.05) is 0 Å². The quantitative estimate of drug-likeness (QED) is 0.886. The molecule has 3 rings (SSSR count). The minimum Gasteiger partial charge on any atom is -0.397 e. The van der Waals surface area contributed by atoms with Crippen LogP contribution in [0.5, 0.6) is 0 Å². The average molecular weight is 350 g/mol. The van der Waals surface area contributed by atoms with Crippen molar-refractivity contribution >= 4 is 11.6 Å². The van der Waals surface area contributed by atoms with Gasteiger partial charge in [0.1, 0.15) is 17.8 Å². The third kappa shape index (κ3) is 3.58. The fourth-order valence-electron chi connectivity index (χ4n) is 3.12. The number of likely N-dealkylation sites (tertiary alicyclic amines) is 1. The van der Waals surface area contributed by atoms with E-state index >= 15 is 0 Å². The number of rotatable bonds is 4. The van der Waals surface area contributed by atoms with Gasteiger partial charge in [-0.3, -0.25) is 9.69 Å². The number of nitrogen functional groups attached to an aromatic ring is 1. The first-order valence-electron chi connectivity index (χ1n) is 7.73. The van der Waals surface area contributed by atoms with Gasteiger partial charge in [0.25, 0.3) is 5.91 Å². The van der Waals surface area contributed by atoms with Crippen molar-refractivity contribution in [3.05, 3.63) is 58.9 Å². The number of aromatic nitrogens is 1. The zero-order chi connectivity index (χ0) is 18.1. The van der Waals surface area contributed by atoms with Crippen LogP contribution in [0, 0.1) is 11.6 Å². The van der Waals surface area contributed by atoms with Crippen LogP contribution in [0.4, 0.5) is 18.9 Å². The Bertz CT molecular complexity index is 814. The number of hydrogen-bond acceptors (Lipinski definition) is 4. The number of primary amides is 1. The molecule has 0 bridgehead atoms. The monoisotopic (exact) mass is 350 g/mol. The van der Waals surface area contributed by atoms with Crippen LogP contribution in [-0.4, -0.2) is 28.5 Å². The number of pyridine rings is 1. The molecule has 1 saturated heterocycles. The highest BCUT2D eigenvalue weighted by Crippen LogP contribution is 2.36. The van der Waals surface area contributed by atoms with E-state index in [0.717, 1.165) is 18.2 Å². The molecule has 1 aliphatic rings. The highest BCUT2D eigenvalue weighted by atomic mass is 19.1. The zero-order valence-electron chi connectivity index (χ0n) is 13.3. The molecular formula is C17H17F3N4O. The summed E-state index contributed by atoms with van der Waals surface area (Å²) in [5.41, 5.74) is 11.5. The Labute approximate surface area is 142 Å². The Morgan fingerprint density at radius 2 is 2.04 bits per heavy atom. The van der Waals surface area contributed by atoms with Gasteiger partial charge >= 0.3 is 0 Å². The first-order valence-corrected chi connectivity index (χ1v) is 7.73. The highest BCUT2D eigenvalue weighted by Gasteiger charge is 2.35. The number of hydrogen-bond donors (Lipinski definition) is 2. The van der Waals surface area contributed by atoms with Gasteiger partial charge < -0.3 is 11.5 Å². The summed E-state index contributed by atoms with van der Waals surface area (Å²) in [5.74, 6) is -1.94. The van der Waals surface area contributed by atoms with Crippen LogP contribution in [0.3, 0.4) is 0 Å². The van der Waals surface area contributed by atoms with Crippen molar-refractivity contribution in [1.82, 2.24) is 9.88 Å². The van der Waals surface area contributed by atoms with Gasteiger partial charge in [-0.25, -0.2) is 18.2 Å². The maximum Gasteiger partial charge on any atom is 0.269 e. The Balaban J connectivity index is 1.89. The summed E-state index contributed by atoms with van der Waals surface area (Å²) in [6.07, 6.45) is -1.12. The normalized spacial score (nSPS) is 20.8. The molecule has 4 N–H and O–H groups in total. The topological polar surface area (TPSA) is 85.2 Å². The van der Waals surface area contributed by atoms with E-state index in [9.17, 15) is 18.0 Å². The molecule has 5 nitrogen and oxygen atoms in total. The Morgan fingerprint density at radius 1 is 1.28 bits per heavy atom. The van der Waals surface area contributed by atoms with Gasteiger partial charge in [0, 0.05) is 24.7 Å². The van der Waals surface area contributed by atoms with Crippen LogP contribution >= 0.6 is 0 Å². The van der Waals surface area contributed by atoms with Crippen molar-refractivity contribution in [1.29, 1.82) is 0 Å². The van der Waals surface area contributed by atoms with E-state index in [1.54, 1.807) is 11.0 Å². The minimum atomic E-state index is -1.17. The maximum absolute atomic E-state index is 14.1. The molecule has 0 aliphatic carbocycles. The molecule has 0 unspecified atom stereocenters. The molecule has 1 fully saturated rings. The lowest BCUT2D eigenvalue weighted by Gasteiger charge is -2.24. The zero-order valence-corrected chi connectivity index (χ0v) is 13.3. The van der Waals surface area contributed by atoms with Crippen molar-refractivity contribution in [2.45, 2.75) is 25.2 Å². The van der Waals surface area contributed by atoms with Crippen LogP contribution in [0.25, 0.3) is 0 Å². The smallest absolute Gasteiger partial charge is 0.269 e. The third-order valence-corrected chi connectivity index (χ3v) is 4.25. The molecule has 0 radical (unpaired) electrons. The molecule has 132 valence electrons. The standard InChI is InChI=1S/C17H17F3N4O/c18-9-1-3-13(20)12(5-9)15-6-10(19)7-24(15)8-11-2-4-14(21)16(23-11)17(22)25/h1-5,10,15H,6-8,21H2,(H2,22,25)/t10-,15+/m0/s1. The van der Waals surface area contributed by atoms with Gasteiger partial charge in [0.2, 0.25) is 0 Å². The fraction of sp³-hybridized carbons (Fsp3) is 0.294. The summed E-state index contributed by atoms with van der Waals surface area (Å²) in [7, 11) is 0. The van der Waals surface area contributed by atoms with Crippen molar-refractivity contribution in [2.75, 3.05) is 12.3 Å². The molecule has 0 spiro atoms. The van der Waals surface area contributed by atoms with E-state index in [4.69, 9.17) is 11.5 Å². The van der Waals surface area contributed by atoms with Crippen LogP contribution in [0.15, 0.2) is 30.3 Å². The number of benzene rings is 1. The summed E-state index contributed by atoms with van der Waals surface area (Å²) in [6.45, 7) is 0.209. The summed E-state index contributed by atoms with van der Waals surface area (Å²) in [5, 5.41) is 0. The number of nitrogens with zero attached hydrogens (tertiary/aromatic N) is 2. The van der Waals surface area contributed by atoms with E-state index in [0.29, 0.717) is 5.69 Å². The lowest BCUT2D eigenvalue weighted by atomic mass is 10.0. The van der Waals surface area contributed by atoms with Gasteiger partial charge in [-0.15, -0.1) is 0 Å². The van der Waals surface area contributed by atoms with E-state index in [1.807, 2.05) is 0 Å². The molecular weight excluding hydrogens is 333 g/mol. The molecule has 2 aromatic rings. The average Bonchev–Trinajstić information content (AvgIpc) is 2.91. The maximum atomic E-state index is 14.1. The molecule has 1 aromatic carbocycles.